The number of sulfonamides is 1. The molecule has 30 heavy (non-hydrogen) atoms. The minimum atomic E-state index is -3.58. The smallest absolute Gasteiger partial charge is 0.243 e. The summed E-state index contributed by atoms with van der Waals surface area (Å²) in [4.78, 5) is 14.6. The first kappa shape index (κ1) is 22.8. The van der Waals surface area contributed by atoms with E-state index in [2.05, 4.69) is 5.32 Å². The second-order valence-electron chi connectivity index (χ2n) is 6.98. The van der Waals surface area contributed by atoms with Gasteiger partial charge in [-0.2, -0.15) is 4.31 Å². The highest BCUT2D eigenvalue weighted by atomic mass is 35.5. The molecule has 0 aliphatic carbocycles. The summed E-state index contributed by atoms with van der Waals surface area (Å²) in [6.45, 7) is 3.52. The van der Waals surface area contributed by atoms with Crippen LogP contribution in [0.5, 0.6) is 5.75 Å². The molecular weight excluding hydrogens is 449 g/mol. The van der Waals surface area contributed by atoms with Crippen LogP contribution < -0.4 is 10.1 Å². The van der Waals surface area contributed by atoms with E-state index in [1.54, 1.807) is 24.3 Å². The van der Waals surface area contributed by atoms with E-state index >= 15 is 0 Å². The van der Waals surface area contributed by atoms with E-state index in [-0.39, 0.29) is 17.3 Å². The molecule has 1 fully saturated rings. The quantitative estimate of drug-likeness (QED) is 0.699. The number of piperazine rings is 1. The van der Waals surface area contributed by atoms with Crippen molar-refractivity contribution in [2.45, 2.75) is 11.8 Å². The minimum absolute atomic E-state index is 0.152. The average molecular weight is 472 g/mol. The molecule has 7 nitrogen and oxygen atoms in total. The van der Waals surface area contributed by atoms with E-state index in [0.717, 1.165) is 5.56 Å². The number of ether oxygens (including phenoxy) is 1. The van der Waals surface area contributed by atoms with Gasteiger partial charge in [0, 0.05) is 42.3 Å². The first-order chi connectivity index (χ1) is 14.2. The summed E-state index contributed by atoms with van der Waals surface area (Å²) in [5.41, 5.74) is 1.38. The zero-order valence-electron chi connectivity index (χ0n) is 16.7. The van der Waals surface area contributed by atoms with Crippen molar-refractivity contribution in [1.29, 1.82) is 0 Å². The predicted molar refractivity (Wildman–Crippen MR) is 118 cm³/mol. The van der Waals surface area contributed by atoms with Gasteiger partial charge in [0.25, 0.3) is 0 Å². The summed E-state index contributed by atoms with van der Waals surface area (Å²) in [5, 5.41) is 3.88. The molecule has 0 radical (unpaired) electrons. The predicted octanol–water partition coefficient (Wildman–Crippen LogP) is 3.26. The van der Waals surface area contributed by atoms with Crippen LogP contribution in [0.15, 0.2) is 41.3 Å². The molecule has 2 aromatic rings. The number of hydrogen-bond acceptors (Lipinski definition) is 5. The van der Waals surface area contributed by atoms with Crippen molar-refractivity contribution in [1.82, 2.24) is 9.21 Å². The number of rotatable bonds is 6. The molecule has 0 bridgehead atoms. The molecule has 2 aromatic carbocycles. The van der Waals surface area contributed by atoms with E-state index in [4.69, 9.17) is 27.9 Å². The SMILES string of the molecule is COc1cc(Cl)c(C)cc1NC(=O)CN1CCN(S(=O)(=O)c2ccc(Cl)cc2)CC1. The fourth-order valence-electron chi connectivity index (χ4n) is 3.21. The second-order valence-corrected chi connectivity index (χ2v) is 9.77. The first-order valence-corrected chi connectivity index (χ1v) is 11.5. The van der Waals surface area contributed by atoms with Crippen molar-refractivity contribution in [2.24, 2.45) is 0 Å². The van der Waals surface area contributed by atoms with Gasteiger partial charge in [-0.25, -0.2) is 8.42 Å². The number of carbonyl (C=O) groups is 1. The number of nitrogens with zero attached hydrogens (tertiary/aromatic N) is 2. The van der Waals surface area contributed by atoms with E-state index in [1.165, 1.54) is 23.5 Å². The van der Waals surface area contributed by atoms with E-state index in [9.17, 15) is 13.2 Å². The highest BCUT2D eigenvalue weighted by Crippen LogP contribution is 2.31. The molecule has 1 aliphatic rings. The number of halogens is 2. The lowest BCUT2D eigenvalue weighted by Gasteiger charge is -2.33. The van der Waals surface area contributed by atoms with Crippen LogP contribution in [0.2, 0.25) is 10.0 Å². The summed E-state index contributed by atoms with van der Waals surface area (Å²) in [5.74, 6) is 0.279. The molecule has 162 valence electrons. The molecule has 10 heteroatoms. The number of amides is 1. The fourth-order valence-corrected chi connectivity index (χ4v) is 4.91. The Balaban J connectivity index is 1.58. The summed E-state index contributed by atoms with van der Waals surface area (Å²) < 4.78 is 32.2. The Morgan fingerprint density at radius 3 is 2.33 bits per heavy atom. The van der Waals surface area contributed by atoms with Crippen molar-refractivity contribution in [3.05, 3.63) is 52.0 Å². The molecule has 0 saturated carbocycles. The third-order valence-electron chi connectivity index (χ3n) is 4.90. The highest BCUT2D eigenvalue weighted by molar-refractivity contribution is 7.89. The lowest BCUT2D eigenvalue weighted by atomic mass is 10.2. The Morgan fingerprint density at radius 1 is 1.10 bits per heavy atom. The fraction of sp³-hybridized carbons (Fsp3) is 0.350. The Labute approximate surface area is 186 Å². The van der Waals surface area contributed by atoms with Gasteiger partial charge >= 0.3 is 0 Å². The molecule has 1 aliphatic heterocycles. The third kappa shape index (κ3) is 5.25. The minimum Gasteiger partial charge on any atom is -0.495 e. The van der Waals surface area contributed by atoms with E-state index in [0.29, 0.717) is 47.7 Å². The van der Waals surface area contributed by atoms with Gasteiger partial charge in [0.15, 0.2) is 0 Å². The van der Waals surface area contributed by atoms with Crippen LogP contribution >= 0.6 is 23.2 Å². The van der Waals surface area contributed by atoms with Crippen molar-refractivity contribution in [2.75, 3.05) is 45.2 Å². The molecule has 1 heterocycles. The lowest BCUT2D eigenvalue weighted by molar-refractivity contribution is -0.117. The normalized spacial score (nSPS) is 15.7. The average Bonchev–Trinajstić information content (AvgIpc) is 2.71. The maximum absolute atomic E-state index is 12.8. The maximum atomic E-state index is 12.8. The number of methoxy groups -OCH3 is 1. The largest absolute Gasteiger partial charge is 0.495 e. The molecule has 1 amide bonds. The number of aryl methyl sites for hydroxylation is 1. The van der Waals surface area contributed by atoms with Crippen LogP contribution in [0, 0.1) is 6.92 Å². The van der Waals surface area contributed by atoms with Gasteiger partial charge in [-0.05, 0) is 42.8 Å². The summed E-state index contributed by atoms with van der Waals surface area (Å²) >= 11 is 11.9. The van der Waals surface area contributed by atoms with Gasteiger partial charge in [0.1, 0.15) is 5.75 Å². The van der Waals surface area contributed by atoms with Crippen LogP contribution in [-0.2, 0) is 14.8 Å². The molecule has 0 spiro atoms. The van der Waals surface area contributed by atoms with Gasteiger partial charge in [-0.1, -0.05) is 23.2 Å². The van der Waals surface area contributed by atoms with Crippen LogP contribution in [0.1, 0.15) is 5.56 Å². The van der Waals surface area contributed by atoms with Crippen LogP contribution in [0.4, 0.5) is 5.69 Å². The molecule has 1 saturated heterocycles. The highest BCUT2D eigenvalue weighted by Gasteiger charge is 2.29. The molecular formula is C20H23Cl2N3O4S. The summed E-state index contributed by atoms with van der Waals surface area (Å²) in [6, 6.07) is 9.53. The molecule has 0 aromatic heterocycles. The van der Waals surface area contributed by atoms with Crippen molar-refractivity contribution < 1.29 is 17.9 Å². The standard InChI is InChI=1S/C20H23Cl2N3O4S/c1-14-11-18(19(29-2)12-17(14)22)23-20(26)13-24-7-9-25(10-8-24)30(27,28)16-5-3-15(21)4-6-16/h3-6,11-12H,7-10,13H2,1-2H3,(H,23,26). The maximum Gasteiger partial charge on any atom is 0.243 e. The number of anilines is 1. The van der Waals surface area contributed by atoms with Crippen LogP contribution in [-0.4, -0.2) is 63.4 Å². The number of benzene rings is 2. The first-order valence-electron chi connectivity index (χ1n) is 9.33. The van der Waals surface area contributed by atoms with Gasteiger partial charge in [0.2, 0.25) is 15.9 Å². The van der Waals surface area contributed by atoms with Gasteiger partial charge < -0.3 is 10.1 Å². The monoisotopic (exact) mass is 471 g/mol. The van der Waals surface area contributed by atoms with Gasteiger partial charge in [-0.3, -0.25) is 9.69 Å². The zero-order chi connectivity index (χ0) is 21.9. The Kier molecular flexibility index (Phi) is 7.26. The Hall–Kier alpha value is -1.84. The van der Waals surface area contributed by atoms with Crippen LogP contribution in [0.25, 0.3) is 0 Å². The van der Waals surface area contributed by atoms with E-state index < -0.39 is 10.0 Å². The number of carbonyl (C=O) groups excluding carboxylic acids is 1. The molecule has 0 unspecified atom stereocenters. The third-order valence-corrected chi connectivity index (χ3v) is 7.48. The Morgan fingerprint density at radius 2 is 1.73 bits per heavy atom. The number of nitrogens with one attached hydrogen (secondary N) is 1. The van der Waals surface area contributed by atoms with E-state index in [1.807, 2.05) is 11.8 Å². The van der Waals surface area contributed by atoms with Crippen molar-refractivity contribution in [3.63, 3.8) is 0 Å². The zero-order valence-corrected chi connectivity index (χ0v) is 19.0. The molecule has 1 N–H and O–H groups in total. The van der Waals surface area contributed by atoms with Crippen LogP contribution in [0.3, 0.4) is 0 Å². The Bertz CT molecular complexity index is 1020. The van der Waals surface area contributed by atoms with Crippen molar-refractivity contribution >= 4 is 44.8 Å². The van der Waals surface area contributed by atoms with Gasteiger partial charge in [0.05, 0.1) is 24.2 Å². The topological polar surface area (TPSA) is 79.0 Å². The summed E-state index contributed by atoms with van der Waals surface area (Å²) in [6.07, 6.45) is 0. The summed E-state index contributed by atoms with van der Waals surface area (Å²) in [7, 11) is -2.07. The van der Waals surface area contributed by atoms with Crippen molar-refractivity contribution in [3.8, 4) is 5.75 Å². The number of hydrogen-bond donors (Lipinski definition) is 1. The molecule has 3 rings (SSSR count). The molecule has 0 atom stereocenters. The lowest BCUT2D eigenvalue weighted by Crippen LogP contribution is -2.50. The van der Waals surface area contributed by atoms with Gasteiger partial charge in [-0.15, -0.1) is 0 Å². The second kappa shape index (κ2) is 9.53.